The van der Waals surface area contributed by atoms with E-state index in [-0.39, 0.29) is 6.04 Å². The second kappa shape index (κ2) is 6.55. The van der Waals surface area contributed by atoms with Crippen LogP contribution in [-0.2, 0) is 6.42 Å². The number of hydrogen-bond acceptors (Lipinski definition) is 3. The van der Waals surface area contributed by atoms with Gasteiger partial charge in [-0.1, -0.05) is 13.8 Å². The van der Waals surface area contributed by atoms with Gasteiger partial charge in [-0.05, 0) is 64.5 Å². The first kappa shape index (κ1) is 13.8. The van der Waals surface area contributed by atoms with E-state index in [1.165, 1.54) is 10.4 Å². The first-order valence-corrected chi connectivity index (χ1v) is 7.98. The van der Waals surface area contributed by atoms with Crippen molar-refractivity contribution in [2.45, 2.75) is 32.7 Å². The van der Waals surface area contributed by atoms with Crippen molar-refractivity contribution in [3.8, 4) is 0 Å². The van der Waals surface area contributed by atoms with Gasteiger partial charge in [0.2, 0.25) is 0 Å². The van der Waals surface area contributed by atoms with Crippen molar-refractivity contribution >= 4 is 27.3 Å². The lowest BCUT2D eigenvalue weighted by molar-refractivity contribution is 0.435. The van der Waals surface area contributed by atoms with E-state index >= 15 is 0 Å². The first-order chi connectivity index (χ1) is 8.76. The Morgan fingerprint density at radius 2 is 2.17 bits per heavy atom. The van der Waals surface area contributed by atoms with Gasteiger partial charge in [-0.2, -0.15) is 0 Å². The van der Waals surface area contributed by atoms with Gasteiger partial charge in [0.1, 0.15) is 11.8 Å². The SMILES string of the molecule is CCCNC(c1ccc(Br)o1)c1sccc1CC. The minimum Gasteiger partial charge on any atom is -0.452 e. The minimum absolute atomic E-state index is 0.172. The van der Waals surface area contributed by atoms with Crippen LogP contribution in [0.1, 0.15) is 42.5 Å². The Labute approximate surface area is 121 Å². The molecule has 98 valence electrons. The predicted octanol–water partition coefficient (Wildman–Crippen LogP) is 4.76. The Kier molecular flexibility index (Phi) is 5.03. The topological polar surface area (TPSA) is 25.2 Å². The predicted molar refractivity (Wildman–Crippen MR) is 80.2 cm³/mol. The van der Waals surface area contributed by atoms with Gasteiger partial charge >= 0.3 is 0 Å². The number of thiophene rings is 1. The number of nitrogens with one attached hydrogen (secondary N) is 1. The lowest BCUT2D eigenvalue weighted by Crippen LogP contribution is -2.22. The van der Waals surface area contributed by atoms with Crippen LogP contribution in [0.4, 0.5) is 0 Å². The second-order valence-electron chi connectivity index (χ2n) is 4.19. The first-order valence-electron chi connectivity index (χ1n) is 6.31. The summed E-state index contributed by atoms with van der Waals surface area (Å²) in [5.41, 5.74) is 1.40. The summed E-state index contributed by atoms with van der Waals surface area (Å²) in [5.74, 6) is 0.979. The van der Waals surface area contributed by atoms with E-state index in [0.717, 1.165) is 29.8 Å². The molecule has 0 radical (unpaired) electrons. The summed E-state index contributed by atoms with van der Waals surface area (Å²) in [6.07, 6.45) is 2.18. The normalized spacial score (nSPS) is 12.8. The molecule has 0 aliphatic carbocycles. The van der Waals surface area contributed by atoms with Crippen LogP contribution < -0.4 is 5.32 Å². The molecule has 2 nitrogen and oxygen atoms in total. The molecule has 0 saturated carbocycles. The van der Waals surface area contributed by atoms with Gasteiger partial charge in [0.25, 0.3) is 0 Å². The molecule has 2 heterocycles. The molecule has 0 saturated heterocycles. The van der Waals surface area contributed by atoms with E-state index in [0.29, 0.717) is 0 Å². The highest BCUT2D eigenvalue weighted by atomic mass is 79.9. The summed E-state index contributed by atoms with van der Waals surface area (Å²) >= 11 is 5.18. The van der Waals surface area contributed by atoms with Crippen molar-refractivity contribution in [1.29, 1.82) is 0 Å². The zero-order valence-electron chi connectivity index (χ0n) is 10.7. The van der Waals surface area contributed by atoms with E-state index in [1.807, 2.05) is 12.1 Å². The molecule has 0 spiro atoms. The highest BCUT2D eigenvalue weighted by Crippen LogP contribution is 2.32. The summed E-state index contributed by atoms with van der Waals surface area (Å²) in [6, 6.07) is 6.37. The van der Waals surface area contributed by atoms with Crippen LogP contribution in [0.2, 0.25) is 0 Å². The number of furan rings is 1. The molecular weight excluding hydrogens is 310 g/mol. The van der Waals surface area contributed by atoms with Crippen LogP contribution in [0.3, 0.4) is 0 Å². The zero-order valence-corrected chi connectivity index (χ0v) is 13.1. The average Bonchev–Trinajstić information content (AvgIpc) is 2.99. The van der Waals surface area contributed by atoms with Crippen molar-refractivity contribution in [2.24, 2.45) is 0 Å². The Morgan fingerprint density at radius 1 is 1.33 bits per heavy atom. The molecule has 0 aliphatic heterocycles. The van der Waals surface area contributed by atoms with E-state index in [2.05, 4.69) is 46.5 Å². The maximum absolute atomic E-state index is 5.73. The van der Waals surface area contributed by atoms with Crippen LogP contribution in [0.5, 0.6) is 0 Å². The highest BCUT2D eigenvalue weighted by molar-refractivity contribution is 9.10. The van der Waals surface area contributed by atoms with Crippen molar-refractivity contribution in [3.63, 3.8) is 0 Å². The highest BCUT2D eigenvalue weighted by Gasteiger charge is 2.20. The van der Waals surface area contributed by atoms with Crippen molar-refractivity contribution in [3.05, 3.63) is 44.4 Å². The quantitative estimate of drug-likeness (QED) is 0.827. The molecule has 2 rings (SSSR count). The van der Waals surface area contributed by atoms with Gasteiger partial charge in [0, 0.05) is 4.88 Å². The van der Waals surface area contributed by atoms with Gasteiger partial charge in [-0.25, -0.2) is 0 Å². The summed E-state index contributed by atoms with van der Waals surface area (Å²) in [7, 11) is 0. The van der Waals surface area contributed by atoms with Crippen molar-refractivity contribution in [2.75, 3.05) is 6.54 Å². The fraction of sp³-hybridized carbons (Fsp3) is 0.429. The van der Waals surface area contributed by atoms with Crippen LogP contribution in [-0.4, -0.2) is 6.54 Å². The molecule has 2 aromatic heterocycles. The molecular formula is C14H18BrNOS. The molecule has 1 N–H and O–H groups in total. The molecule has 0 aliphatic rings. The summed E-state index contributed by atoms with van der Waals surface area (Å²) in [5, 5.41) is 5.73. The monoisotopic (exact) mass is 327 g/mol. The molecule has 1 unspecified atom stereocenters. The number of hydrogen-bond donors (Lipinski definition) is 1. The van der Waals surface area contributed by atoms with Crippen LogP contribution in [0.25, 0.3) is 0 Å². The fourth-order valence-corrected chi connectivity index (χ4v) is 3.38. The maximum atomic E-state index is 5.73. The van der Waals surface area contributed by atoms with Crippen LogP contribution in [0.15, 0.2) is 32.7 Å². The maximum Gasteiger partial charge on any atom is 0.169 e. The summed E-state index contributed by atoms with van der Waals surface area (Å²) in [4.78, 5) is 1.37. The molecule has 18 heavy (non-hydrogen) atoms. The van der Waals surface area contributed by atoms with E-state index in [9.17, 15) is 0 Å². The molecule has 4 heteroatoms. The Bertz CT molecular complexity index is 491. The number of aryl methyl sites for hydroxylation is 1. The zero-order chi connectivity index (χ0) is 13.0. The van der Waals surface area contributed by atoms with Gasteiger partial charge < -0.3 is 9.73 Å². The Hall–Kier alpha value is -0.580. The van der Waals surface area contributed by atoms with E-state index in [1.54, 1.807) is 11.3 Å². The van der Waals surface area contributed by atoms with Gasteiger partial charge in [0.05, 0.1) is 0 Å². The summed E-state index contributed by atoms with van der Waals surface area (Å²) < 4.78 is 6.51. The third kappa shape index (κ3) is 3.05. The molecule has 2 aromatic rings. The third-order valence-electron chi connectivity index (χ3n) is 2.90. The third-order valence-corrected chi connectivity index (χ3v) is 4.35. The van der Waals surface area contributed by atoms with E-state index < -0.39 is 0 Å². The smallest absolute Gasteiger partial charge is 0.169 e. The fourth-order valence-electron chi connectivity index (χ4n) is 1.99. The molecule has 0 bridgehead atoms. The second-order valence-corrected chi connectivity index (χ2v) is 5.92. The molecule has 0 fully saturated rings. The van der Waals surface area contributed by atoms with Crippen molar-refractivity contribution < 1.29 is 4.42 Å². The Morgan fingerprint density at radius 3 is 2.78 bits per heavy atom. The van der Waals surface area contributed by atoms with Crippen molar-refractivity contribution in [1.82, 2.24) is 5.32 Å². The van der Waals surface area contributed by atoms with Gasteiger partial charge in [0.15, 0.2) is 4.67 Å². The van der Waals surface area contributed by atoms with Crippen LogP contribution in [0, 0.1) is 0 Å². The number of rotatable bonds is 6. The minimum atomic E-state index is 0.172. The Balaban J connectivity index is 2.30. The molecule has 0 amide bonds. The average molecular weight is 328 g/mol. The molecule has 1 atom stereocenters. The largest absolute Gasteiger partial charge is 0.452 e. The number of halogens is 1. The standard InChI is InChI=1S/C14H18BrNOS/c1-3-8-16-13(11-5-6-12(15)17-11)14-10(4-2)7-9-18-14/h5-7,9,13,16H,3-4,8H2,1-2H3. The summed E-state index contributed by atoms with van der Waals surface area (Å²) in [6.45, 7) is 5.36. The molecule has 0 aromatic carbocycles. The van der Waals surface area contributed by atoms with E-state index in [4.69, 9.17) is 4.42 Å². The van der Waals surface area contributed by atoms with Gasteiger partial charge in [-0.15, -0.1) is 11.3 Å². The van der Waals surface area contributed by atoms with Gasteiger partial charge in [-0.3, -0.25) is 0 Å². The van der Waals surface area contributed by atoms with Crippen LogP contribution >= 0.6 is 27.3 Å². The lowest BCUT2D eigenvalue weighted by atomic mass is 10.1. The lowest BCUT2D eigenvalue weighted by Gasteiger charge is -2.16.